The van der Waals surface area contributed by atoms with E-state index in [0.29, 0.717) is 5.92 Å². The van der Waals surface area contributed by atoms with Crippen molar-refractivity contribution in [2.45, 2.75) is 65.7 Å². The topological polar surface area (TPSA) is 9.23 Å². The summed E-state index contributed by atoms with van der Waals surface area (Å²) in [5.41, 5.74) is 2.83. The Balaban J connectivity index is 3.07. The molecule has 0 heterocycles. The maximum absolute atomic E-state index is 5.91. The normalized spacial score (nSPS) is 13.7. The molecule has 0 aliphatic rings. The molecule has 0 fully saturated rings. The lowest BCUT2D eigenvalue weighted by atomic mass is 9.83. The third kappa shape index (κ3) is 4.70. The van der Waals surface area contributed by atoms with Crippen LogP contribution in [0.25, 0.3) is 0 Å². The zero-order chi connectivity index (χ0) is 15.2. The lowest BCUT2D eigenvalue weighted by Gasteiger charge is -2.25. The number of hydrogen-bond acceptors (Lipinski definition) is 1. The average molecular weight is 274 g/mol. The molecule has 0 spiro atoms. The Labute approximate surface area is 125 Å². The molecule has 112 valence electrons. The predicted octanol–water partition coefficient (Wildman–Crippen LogP) is 5.84. The highest BCUT2D eigenvalue weighted by atomic mass is 16.5. The summed E-state index contributed by atoms with van der Waals surface area (Å²) in [5.74, 6) is 1.59. The van der Waals surface area contributed by atoms with Crippen molar-refractivity contribution in [1.82, 2.24) is 0 Å². The monoisotopic (exact) mass is 274 g/mol. The molecule has 1 aromatic carbocycles. The van der Waals surface area contributed by atoms with Gasteiger partial charge in [-0.25, -0.2) is 0 Å². The van der Waals surface area contributed by atoms with Crippen molar-refractivity contribution in [2.75, 3.05) is 6.61 Å². The molecule has 0 saturated carbocycles. The molecule has 0 bridgehead atoms. The average Bonchev–Trinajstić information content (AvgIpc) is 2.41. The summed E-state index contributed by atoms with van der Waals surface area (Å²) in [6.45, 7) is 14.1. The first-order valence-corrected chi connectivity index (χ1v) is 7.78. The molecule has 0 amide bonds. The van der Waals surface area contributed by atoms with Crippen LogP contribution in [0.15, 0.2) is 30.4 Å². The third-order valence-electron chi connectivity index (χ3n) is 3.57. The predicted molar refractivity (Wildman–Crippen MR) is 88.8 cm³/mol. The van der Waals surface area contributed by atoms with Gasteiger partial charge in [0.25, 0.3) is 0 Å². The van der Waals surface area contributed by atoms with Crippen molar-refractivity contribution in [3.63, 3.8) is 0 Å². The Bertz CT molecular complexity index is 438. The molecule has 1 atom stereocenters. The first-order valence-electron chi connectivity index (χ1n) is 7.78. The zero-order valence-electron chi connectivity index (χ0n) is 14.0. The largest absolute Gasteiger partial charge is 0.493 e. The Morgan fingerprint density at radius 1 is 1.25 bits per heavy atom. The fourth-order valence-electron chi connectivity index (χ4n) is 2.25. The highest BCUT2D eigenvalue weighted by molar-refractivity contribution is 5.42. The molecule has 0 saturated heterocycles. The van der Waals surface area contributed by atoms with Crippen LogP contribution in [0.5, 0.6) is 5.75 Å². The number of benzene rings is 1. The van der Waals surface area contributed by atoms with Gasteiger partial charge in [-0.3, -0.25) is 0 Å². The van der Waals surface area contributed by atoms with E-state index in [1.807, 2.05) is 0 Å². The number of ether oxygens (including phenoxy) is 1. The lowest BCUT2D eigenvalue weighted by molar-refractivity contribution is 0.308. The van der Waals surface area contributed by atoms with Crippen LogP contribution < -0.4 is 4.74 Å². The van der Waals surface area contributed by atoms with Gasteiger partial charge in [-0.15, -0.1) is 0 Å². The van der Waals surface area contributed by atoms with E-state index in [4.69, 9.17) is 4.74 Å². The van der Waals surface area contributed by atoms with Crippen molar-refractivity contribution in [1.29, 1.82) is 0 Å². The molecule has 0 aromatic heterocycles. The van der Waals surface area contributed by atoms with Gasteiger partial charge in [0, 0.05) is 0 Å². The minimum atomic E-state index is 0.111. The highest BCUT2D eigenvalue weighted by Crippen LogP contribution is 2.34. The van der Waals surface area contributed by atoms with Gasteiger partial charge in [-0.05, 0) is 48.3 Å². The Morgan fingerprint density at radius 3 is 2.50 bits per heavy atom. The molecule has 1 unspecified atom stereocenters. The molecule has 1 heteroatoms. The quantitative estimate of drug-likeness (QED) is 0.592. The molecule has 0 aliphatic carbocycles. The van der Waals surface area contributed by atoms with Crippen LogP contribution >= 0.6 is 0 Å². The fourth-order valence-corrected chi connectivity index (χ4v) is 2.25. The van der Waals surface area contributed by atoms with E-state index in [9.17, 15) is 0 Å². The van der Waals surface area contributed by atoms with Gasteiger partial charge in [0.15, 0.2) is 0 Å². The smallest absolute Gasteiger partial charge is 0.123 e. The maximum Gasteiger partial charge on any atom is 0.123 e. The van der Waals surface area contributed by atoms with Crippen molar-refractivity contribution < 1.29 is 4.74 Å². The van der Waals surface area contributed by atoms with Gasteiger partial charge in [0.1, 0.15) is 5.75 Å². The van der Waals surface area contributed by atoms with Gasteiger partial charge < -0.3 is 4.74 Å². The summed E-state index contributed by atoms with van der Waals surface area (Å²) in [7, 11) is 0. The van der Waals surface area contributed by atoms with Crippen molar-refractivity contribution in [2.24, 2.45) is 0 Å². The van der Waals surface area contributed by atoms with E-state index in [1.54, 1.807) is 0 Å². The van der Waals surface area contributed by atoms with Gasteiger partial charge in [0.05, 0.1) is 6.61 Å². The van der Waals surface area contributed by atoms with Crippen LogP contribution in [-0.4, -0.2) is 6.61 Å². The van der Waals surface area contributed by atoms with Crippen molar-refractivity contribution in [3.05, 3.63) is 41.5 Å². The van der Waals surface area contributed by atoms with Gasteiger partial charge in [0.2, 0.25) is 0 Å². The molecule has 0 aliphatic heterocycles. The minimum absolute atomic E-state index is 0.111. The molecular formula is C19H30O. The molecule has 0 N–H and O–H groups in total. The van der Waals surface area contributed by atoms with Crippen LogP contribution in [0.2, 0.25) is 0 Å². The Morgan fingerprint density at radius 2 is 1.95 bits per heavy atom. The van der Waals surface area contributed by atoms with E-state index in [2.05, 4.69) is 71.9 Å². The summed E-state index contributed by atoms with van der Waals surface area (Å²) in [6.07, 6.45) is 6.50. The molecular weight excluding hydrogens is 244 g/mol. The second-order valence-electron chi connectivity index (χ2n) is 6.56. The first-order chi connectivity index (χ1) is 9.40. The van der Waals surface area contributed by atoms with Gasteiger partial charge >= 0.3 is 0 Å². The second-order valence-corrected chi connectivity index (χ2v) is 6.56. The van der Waals surface area contributed by atoms with Crippen LogP contribution in [0, 0.1) is 0 Å². The van der Waals surface area contributed by atoms with Crippen LogP contribution in [0.3, 0.4) is 0 Å². The molecule has 1 rings (SSSR count). The van der Waals surface area contributed by atoms with E-state index >= 15 is 0 Å². The van der Waals surface area contributed by atoms with Crippen molar-refractivity contribution in [3.8, 4) is 5.75 Å². The van der Waals surface area contributed by atoms with Crippen LogP contribution in [0.1, 0.15) is 71.4 Å². The minimum Gasteiger partial charge on any atom is -0.493 e. The summed E-state index contributed by atoms with van der Waals surface area (Å²) in [4.78, 5) is 0. The molecule has 20 heavy (non-hydrogen) atoms. The number of rotatable bonds is 6. The van der Waals surface area contributed by atoms with E-state index < -0.39 is 0 Å². The number of allylic oxidation sites excluding steroid dienone is 2. The van der Waals surface area contributed by atoms with E-state index in [-0.39, 0.29) is 5.41 Å². The molecule has 0 radical (unpaired) electrons. The SMILES string of the molecule is C/C=C\CC(C)c1ccc(OCCC)c(C(C)(C)C)c1. The maximum atomic E-state index is 5.91. The van der Waals surface area contributed by atoms with Gasteiger partial charge in [-0.2, -0.15) is 0 Å². The summed E-state index contributed by atoms with van der Waals surface area (Å²) in [6, 6.07) is 6.70. The summed E-state index contributed by atoms with van der Waals surface area (Å²) in [5, 5.41) is 0. The Hall–Kier alpha value is -1.24. The molecule has 1 aromatic rings. The Kier molecular flexibility index (Phi) is 6.32. The highest BCUT2D eigenvalue weighted by Gasteiger charge is 2.20. The summed E-state index contributed by atoms with van der Waals surface area (Å²) < 4.78 is 5.91. The van der Waals surface area contributed by atoms with Gasteiger partial charge in [-0.1, -0.05) is 58.9 Å². The third-order valence-corrected chi connectivity index (χ3v) is 3.57. The lowest BCUT2D eigenvalue weighted by Crippen LogP contribution is -2.14. The zero-order valence-corrected chi connectivity index (χ0v) is 14.0. The fraction of sp³-hybridized carbons (Fsp3) is 0.579. The second kappa shape index (κ2) is 7.52. The molecule has 1 nitrogen and oxygen atoms in total. The van der Waals surface area contributed by atoms with Crippen molar-refractivity contribution >= 4 is 0 Å². The van der Waals surface area contributed by atoms with Crippen LogP contribution in [0.4, 0.5) is 0 Å². The number of hydrogen-bond donors (Lipinski definition) is 0. The van der Waals surface area contributed by atoms with Crippen LogP contribution in [-0.2, 0) is 5.41 Å². The first kappa shape index (κ1) is 16.8. The van der Waals surface area contributed by atoms with E-state index in [0.717, 1.165) is 25.2 Å². The summed E-state index contributed by atoms with van der Waals surface area (Å²) >= 11 is 0. The van der Waals surface area contributed by atoms with E-state index in [1.165, 1.54) is 11.1 Å². The standard InChI is InChI=1S/C19H30O/c1-7-9-10-15(3)16-11-12-18(20-13-8-2)17(14-16)19(4,5)6/h7,9,11-12,14-15H,8,10,13H2,1-6H3/b9-7-.